The zero-order valence-electron chi connectivity index (χ0n) is 16.3. The summed E-state index contributed by atoms with van der Waals surface area (Å²) in [6.07, 6.45) is 1.53. The molecule has 0 aliphatic carbocycles. The van der Waals surface area contributed by atoms with E-state index in [4.69, 9.17) is 21.1 Å². The van der Waals surface area contributed by atoms with Crippen molar-refractivity contribution in [1.82, 2.24) is 0 Å². The molecule has 0 radical (unpaired) electrons. The van der Waals surface area contributed by atoms with Crippen molar-refractivity contribution >= 4 is 29.3 Å². The summed E-state index contributed by atoms with van der Waals surface area (Å²) in [7, 11) is 1.57. The highest BCUT2D eigenvalue weighted by Gasteiger charge is 2.10. The van der Waals surface area contributed by atoms with Gasteiger partial charge in [0.15, 0.2) is 0 Å². The predicted octanol–water partition coefficient (Wildman–Crippen LogP) is 5.47. The number of methoxy groups -OCH3 is 1. The van der Waals surface area contributed by atoms with Gasteiger partial charge in [-0.05, 0) is 65.7 Å². The molecule has 0 aliphatic heterocycles. The van der Waals surface area contributed by atoms with Gasteiger partial charge in [-0.25, -0.2) is 0 Å². The number of carbonyl (C=O) groups excluding carboxylic acids is 1. The third kappa shape index (κ3) is 5.87. The number of amides is 1. The molecule has 0 aliphatic rings. The molecule has 0 fully saturated rings. The highest BCUT2D eigenvalue weighted by Crippen LogP contribution is 2.19. The molecule has 0 heterocycles. The molecule has 0 saturated carbocycles. The van der Waals surface area contributed by atoms with Crippen molar-refractivity contribution in [2.75, 3.05) is 12.4 Å². The first kappa shape index (κ1) is 21.0. The Labute approximate surface area is 180 Å². The molecular weight excluding hydrogens is 400 g/mol. The van der Waals surface area contributed by atoms with Crippen molar-refractivity contribution in [2.45, 2.75) is 6.61 Å². The van der Waals surface area contributed by atoms with Crippen LogP contribution in [-0.4, -0.2) is 13.0 Å². The van der Waals surface area contributed by atoms with Crippen LogP contribution in [0.3, 0.4) is 0 Å². The quantitative estimate of drug-likeness (QED) is 0.407. The first-order valence-electron chi connectivity index (χ1n) is 9.12. The molecule has 3 rings (SSSR count). The monoisotopic (exact) mass is 418 g/mol. The minimum atomic E-state index is -0.481. The Hall–Kier alpha value is -3.75. The second kappa shape index (κ2) is 10.1. The van der Waals surface area contributed by atoms with Crippen LogP contribution in [0.25, 0.3) is 6.08 Å². The van der Waals surface area contributed by atoms with E-state index >= 15 is 0 Å². The topological polar surface area (TPSA) is 71.3 Å². The van der Waals surface area contributed by atoms with Gasteiger partial charge in [0.2, 0.25) is 0 Å². The van der Waals surface area contributed by atoms with E-state index in [1.807, 2.05) is 30.3 Å². The molecule has 1 N–H and O–H groups in total. The number of ether oxygens (including phenoxy) is 2. The van der Waals surface area contributed by atoms with Crippen LogP contribution < -0.4 is 14.8 Å². The Kier molecular flexibility index (Phi) is 7.09. The van der Waals surface area contributed by atoms with E-state index in [9.17, 15) is 10.1 Å². The number of anilines is 1. The second-order valence-electron chi connectivity index (χ2n) is 6.34. The lowest BCUT2D eigenvalue weighted by Gasteiger charge is -2.07. The summed E-state index contributed by atoms with van der Waals surface area (Å²) in [5, 5.41) is 12.7. The summed E-state index contributed by atoms with van der Waals surface area (Å²) in [5.74, 6) is 0.886. The summed E-state index contributed by atoms with van der Waals surface area (Å²) in [4.78, 5) is 12.4. The fourth-order valence-corrected chi connectivity index (χ4v) is 2.72. The molecule has 3 aromatic rings. The number of hydrogen-bond acceptors (Lipinski definition) is 4. The van der Waals surface area contributed by atoms with Gasteiger partial charge in [0.25, 0.3) is 5.91 Å². The number of nitrogens with zero attached hydrogens (tertiary/aromatic N) is 1. The molecule has 3 aromatic carbocycles. The lowest BCUT2D eigenvalue weighted by atomic mass is 10.1. The van der Waals surface area contributed by atoms with Gasteiger partial charge in [0.1, 0.15) is 29.7 Å². The smallest absolute Gasteiger partial charge is 0.266 e. The number of benzene rings is 3. The van der Waals surface area contributed by atoms with Crippen LogP contribution in [0.2, 0.25) is 5.02 Å². The largest absolute Gasteiger partial charge is 0.497 e. The van der Waals surface area contributed by atoms with Gasteiger partial charge in [-0.3, -0.25) is 4.79 Å². The number of halogens is 1. The van der Waals surface area contributed by atoms with Crippen LogP contribution in [0.15, 0.2) is 78.4 Å². The second-order valence-corrected chi connectivity index (χ2v) is 6.77. The molecular formula is C24H19ClN2O3. The summed E-state index contributed by atoms with van der Waals surface area (Å²) in [6.45, 7) is 0.417. The number of nitriles is 1. The minimum absolute atomic E-state index is 0.000602. The van der Waals surface area contributed by atoms with Gasteiger partial charge >= 0.3 is 0 Å². The average molecular weight is 419 g/mol. The standard InChI is InChI=1S/C24H19ClN2O3/c1-29-22-12-8-21(9-13-22)27-24(28)19(15-26)14-17-4-10-23(11-5-17)30-16-18-2-6-20(25)7-3-18/h2-14H,16H2,1H3,(H,27,28)/b19-14-. The lowest BCUT2D eigenvalue weighted by molar-refractivity contribution is -0.112. The van der Waals surface area contributed by atoms with Gasteiger partial charge in [-0.2, -0.15) is 5.26 Å². The highest BCUT2D eigenvalue weighted by atomic mass is 35.5. The number of carbonyl (C=O) groups is 1. The van der Waals surface area contributed by atoms with E-state index in [0.717, 1.165) is 11.1 Å². The van der Waals surface area contributed by atoms with Crippen molar-refractivity contribution in [1.29, 1.82) is 5.26 Å². The van der Waals surface area contributed by atoms with E-state index in [2.05, 4.69) is 5.32 Å². The maximum absolute atomic E-state index is 12.4. The van der Waals surface area contributed by atoms with Crippen LogP contribution in [0.1, 0.15) is 11.1 Å². The molecule has 6 heteroatoms. The number of hydrogen-bond donors (Lipinski definition) is 1. The summed E-state index contributed by atoms with van der Waals surface area (Å²) in [6, 6.07) is 23.4. The van der Waals surface area contributed by atoms with E-state index in [1.165, 1.54) is 6.08 Å². The number of rotatable bonds is 7. The summed E-state index contributed by atoms with van der Waals surface area (Å²) in [5.41, 5.74) is 2.30. The SMILES string of the molecule is COc1ccc(NC(=O)/C(C#N)=C\c2ccc(OCc3ccc(Cl)cc3)cc2)cc1. The van der Waals surface area contributed by atoms with Crippen molar-refractivity contribution in [3.05, 3.63) is 94.5 Å². The third-order valence-corrected chi connectivity index (χ3v) is 4.47. The molecule has 0 atom stereocenters. The van der Waals surface area contributed by atoms with Crippen LogP contribution >= 0.6 is 11.6 Å². The van der Waals surface area contributed by atoms with Crippen LogP contribution in [0.5, 0.6) is 11.5 Å². The molecule has 0 bridgehead atoms. The molecule has 5 nitrogen and oxygen atoms in total. The van der Waals surface area contributed by atoms with Crippen LogP contribution in [0.4, 0.5) is 5.69 Å². The molecule has 150 valence electrons. The minimum Gasteiger partial charge on any atom is -0.497 e. The zero-order valence-corrected chi connectivity index (χ0v) is 17.0. The molecule has 0 unspecified atom stereocenters. The molecule has 1 amide bonds. The van der Waals surface area contributed by atoms with Gasteiger partial charge < -0.3 is 14.8 Å². The van der Waals surface area contributed by atoms with Crippen LogP contribution in [0, 0.1) is 11.3 Å². The van der Waals surface area contributed by atoms with E-state index in [1.54, 1.807) is 55.6 Å². The van der Waals surface area contributed by atoms with E-state index in [0.29, 0.717) is 28.8 Å². The van der Waals surface area contributed by atoms with Gasteiger partial charge in [0, 0.05) is 10.7 Å². The highest BCUT2D eigenvalue weighted by molar-refractivity contribution is 6.30. The molecule has 0 aromatic heterocycles. The third-order valence-electron chi connectivity index (χ3n) is 4.22. The van der Waals surface area contributed by atoms with E-state index in [-0.39, 0.29) is 5.57 Å². The Morgan fingerprint density at radius 2 is 1.63 bits per heavy atom. The lowest BCUT2D eigenvalue weighted by Crippen LogP contribution is -2.13. The Morgan fingerprint density at radius 1 is 1.00 bits per heavy atom. The Balaban J connectivity index is 1.62. The maximum Gasteiger partial charge on any atom is 0.266 e. The maximum atomic E-state index is 12.4. The fraction of sp³-hybridized carbons (Fsp3) is 0.0833. The van der Waals surface area contributed by atoms with Crippen molar-refractivity contribution in [3.8, 4) is 17.6 Å². The summed E-state index contributed by atoms with van der Waals surface area (Å²) < 4.78 is 10.8. The van der Waals surface area contributed by atoms with E-state index < -0.39 is 5.91 Å². The van der Waals surface area contributed by atoms with Crippen molar-refractivity contribution in [3.63, 3.8) is 0 Å². The molecule has 30 heavy (non-hydrogen) atoms. The van der Waals surface area contributed by atoms with Crippen molar-refractivity contribution in [2.24, 2.45) is 0 Å². The number of nitrogens with one attached hydrogen (secondary N) is 1. The van der Waals surface area contributed by atoms with Gasteiger partial charge in [-0.1, -0.05) is 35.9 Å². The Bertz CT molecular complexity index is 1070. The Morgan fingerprint density at radius 3 is 2.23 bits per heavy atom. The predicted molar refractivity (Wildman–Crippen MR) is 117 cm³/mol. The van der Waals surface area contributed by atoms with Gasteiger partial charge in [0.05, 0.1) is 7.11 Å². The summed E-state index contributed by atoms with van der Waals surface area (Å²) >= 11 is 5.88. The average Bonchev–Trinajstić information content (AvgIpc) is 2.78. The van der Waals surface area contributed by atoms with Gasteiger partial charge in [-0.15, -0.1) is 0 Å². The first-order valence-corrected chi connectivity index (χ1v) is 9.49. The van der Waals surface area contributed by atoms with Crippen molar-refractivity contribution < 1.29 is 14.3 Å². The molecule has 0 spiro atoms. The molecule has 0 saturated heterocycles. The fourth-order valence-electron chi connectivity index (χ4n) is 2.60. The normalized spacial score (nSPS) is 10.8. The zero-order chi connectivity index (χ0) is 21.3. The van der Waals surface area contributed by atoms with Crippen LogP contribution in [-0.2, 0) is 11.4 Å². The first-order chi connectivity index (χ1) is 14.6.